The first-order chi connectivity index (χ1) is 8.06. The Bertz CT molecular complexity index is 379. The molecule has 1 heterocycles. The van der Waals surface area contributed by atoms with Crippen LogP contribution in [0.5, 0.6) is 0 Å². The van der Waals surface area contributed by atoms with E-state index in [4.69, 9.17) is 5.11 Å². The van der Waals surface area contributed by atoms with Crippen molar-refractivity contribution in [1.29, 1.82) is 0 Å². The summed E-state index contributed by atoms with van der Waals surface area (Å²) in [5.41, 5.74) is 0. The lowest BCUT2D eigenvalue weighted by Crippen LogP contribution is -2.46. The lowest BCUT2D eigenvalue weighted by molar-refractivity contribution is -0.141. The molecule has 0 saturated heterocycles. The maximum Gasteiger partial charge on any atom is 0.326 e. The summed E-state index contributed by atoms with van der Waals surface area (Å²) >= 11 is 0. The summed E-state index contributed by atoms with van der Waals surface area (Å²) in [6, 6.07) is -1.34. The van der Waals surface area contributed by atoms with Gasteiger partial charge in [-0.25, -0.2) is 9.59 Å². The molecular weight excluding hydrogens is 228 g/mol. The van der Waals surface area contributed by atoms with Gasteiger partial charge in [0.2, 0.25) is 0 Å². The number of carbonyl (C=O) groups is 2. The van der Waals surface area contributed by atoms with E-state index in [1.165, 1.54) is 7.05 Å². The first kappa shape index (κ1) is 12.9. The average molecular weight is 242 g/mol. The van der Waals surface area contributed by atoms with Gasteiger partial charge in [0.1, 0.15) is 6.04 Å². The number of likely N-dealkylation sites (N-methyl/N-ethyl adjacent to an activating group) is 1. The number of nitrogens with zero attached hydrogens (tertiary/aromatic N) is 4. The van der Waals surface area contributed by atoms with Crippen molar-refractivity contribution in [2.24, 2.45) is 0 Å². The maximum atomic E-state index is 11.6. The number of H-pyrrole nitrogens is 1. The first-order valence-electron chi connectivity index (χ1n) is 5.02. The number of aliphatic carboxylic acids is 1. The Morgan fingerprint density at radius 3 is 2.76 bits per heavy atom. The second-order valence-corrected chi connectivity index (χ2v) is 3.36. The largest absolute Gasteiger partial charge is 0.480 e. The Hall–Kier alpha value is -2.19. The third kappa shape index (κ3) is 3.40. The standard InChI is InChI=1S/C8H14N6O3/c1-3-5(7(15)16)14(2)8(17)9-4-6-10-12-13-11-6/h5H,3-4H2,1-2H3,(H,9,17)(H,15,16)(H,10,11,12,13). The van der Waals surface area contributed by atoms with Crippen LogP contribution in [0.2, 0.25) is 0 Å². The van der Waals surface area contributed by atoms with Gasteiger partial charge in [-0.1, -0.05) is 12.1 Å². The van der Waals surface area contributed by atoms with Gasteiger partial charge in [0, 0.05) is 7.05 Å². The molecule has 1 aromatic rings. The summed E-state index contributed by atoms with van der Waals surface area (Å²) in [5.74, 6) is -0.708. The summed E-state index contributed by atoms with van der Waals surface area (Å²) in [6.45, 7) is 1.79. The molecule has 0 aromatic carbocycles. The highest BCUT2D eigenvalue weighted by atomic mass is 16.4. The van der Waals surface area contributed by atoms with Crippen LogP contribution < -0.4 is 5.32 Å². The number of hydrogen-bond acceptors (Lipinski definition) is 5. The molecule has 1 rings (SSSR count). The molecule has 0 aliphatic heterocycles. The highest BCUT2D eigenvalue weighted by Crippen LogP contribution is 2.02. The Balaban J connectivity index is 2.49. The van der Waals surface area contributed by atoms with Crippen LogP contribution in [0, 0.1) is 0 Å². The summed E-state index contributed by atoms with van der Waals surface area (Å²) in [5, 5.41) is 24.3. The number of aromatic amines is 1. The summed E-state index contributed by atoms with van der Waals surface area (Å²) in [4.78, 5) is 23.6. The molecule has 2 amide bonds. The van der Waals surface area contributed by atoms with Crippen LogP contribution in [-0.2, 0) is 11.3 Å². The zero-order valence-corrected chi connectivity index (χ0v) is 9.54. The van der Waals surface area contributed by atoms with Crippen molar-refractivity contribution >= 4 is 12.0 Å². The third-order valence-corrected chi connectivity index (χ3v) is 2.25. The molecular formula is C8H14N6O3. The highest BCUT2D eigenvalue weighted by molar-refractivity contribution is 5.82. The fourth-order valence-corrected chi connectivity index (χ4v) is 1.29. The van der Waals surface area contributed by atoms with Crippen LogP contribution >= 0.6 is 0 Å². The molecule has 3 N–H and O–H groups in total. The highest BCUT2D eigenvalue weighted by Gasteiger charge is 2.24. The number of amides is 2. The molecule has 1 aromatic heterocycles. The van der Waals surface area contributed by atoms with E-state index < -0.39 is 18.0 Å². The number of rotatable bonds is 5. The van der Waals surface area contributed by atoms with Gasteiger partial charge in [0.05, 0.1) is 6.54 Å². The molecule has 1 atom stereocenters. The smallest absolute Gasteiger partial charge is 0.326 e. The van der Waals surface area contributed by atoms with E-state index in [0.29, 0.717) is 12.2 Å². The number of tetrazole rings is 1. The van der Waals surface area contributed by atoms with Crippen LogP contribution in [0.4, 0.5) is 4.79 Å². The van der Waals surface area contributed by atoms with Crippen LogP contribution in [-0.4, -0.2) is 55.7 Å². The lowest BCUT2D eigenvalue weighted by Gasteiger charge is -2.23. The van der Waals surface area contributed by atoms with E-state index in [-0.39, 0.29) is 6.54 Å². The topological polar surface area (TPSA) is 124 Å². The number of carbonyl (C=O) groups excluding carboxylic acids is 1. The van der Waals surface area contributed by atoms with Crippen molar-refractivity contribution in [2.45, 2.75) is 25.9 Å². The van der Waals surface area contributed by atoms with Crippen molar-refractivity contribution in [3.8, 4) is 0 Å². The number of carboxylic acid groups (broad SMARTS) is 1. The second-order valence-electron chi connectivity index (χ2n) is 3.36. The van der Waals surface area contributed by atoms with E-state index in [1.807, 2.05) is 0 Å². The van der Waals surface area contributed by atoms with Gasteiger partial charge < -0.3 is 15.3 Å². The minimum Gasteiger partial charge on any atom is -0.480 e. The Morgan fingerprint density at radius 2 is 2.29 bits per heavy atom. The van der Waals surface area contributed by atoms with Gasteiger partial charge >= 0.3 is 12.0 Å². The van der Waals surface area contributed by atoms with Crippen LogP contribution in [0.1, 0.15) is 19.2 Å². The van der Waals surface area contributed by atoms with Gasteiger partial charge in [0.15, 0.2) is 5.82 Å². The van der Waals surface area contributed by atoms with E-state index in [1.54, 1.807) is 6.92 Å². The van der Waals surface area contributed by atoms with Gasteiger partial charge in [-0.05, 0) is 6.42 Å². The zero-order chi connectivity index (χ0) is 12.8. The fraction of sp³-hybridized carbons (Fsp3) is 0.625. The molecule has 0 spiro atoms. The Labute approximate surface area is 97.2 Å². The lowest BCUT2D eigenvalue weighted by atomic mass is 10.2. The average Bonchev–Trinajstić information content (AvgIpc) is 2.78. The molecule has 0 fully saturated rings. The minimum atomic E-state index is -1.04. The third-order valence-electron chi connectivity index (χ3n) is 2.25. The molecule has 0 aliphatic rings. The normalized spacial score (nSPS) is 11.9. The monoisotopic (exact) mass is 242 g/mol. The molecule has 0 saturated carbocycles. The number of carboxylic acids is 1. The zero-order valence-electron chi connectivity index (χ0n) is 9.54. The second kappa shape index (κ2) is 5.77. The van der Waals surface area contributed by atoms with E-state index in [9.17, 15) is 9.59 Å². The van der Waals surface area contributed by atoms with Crippen LogP contribution in [0.15, 0.2) is 0 Å². The number of hydrogen-bond donors (Lipinski definition) is 3. The van der Waals surface area contributed by atoms with Gasteiger partial charge in [-0.15, -0.1) is 10.2 Å². The Morgan fingerprint density at radius 1 is 1.59 bits per heavy atom. The van der Waals surface area contributed by atoms with Gasteiger partial charge in [-0.2, -0.15) is 5.21 Å². The van der Waals surface area contributed by atoms with E-state index >= 15 is 0 Å². The summed E-state index contributed by atoms with van der Waals surface area (Å²) in [7, 11) is 1.42. The SMILES string of the molecule is CCC(C(=O)O)N(C)C(=O)NCc1nn[nH]n1. The molecule has 94 valence electrons. The van der Waals surface area contributed by atoms with Crippen molar-refractivity contribution in [2.75, 3.05) is 7.05 Å². The molecule has 1 unspecified atom stereocenters. The molecule has 0 radical (unpaired) electrons. The fourth-order valence-electron chi connectivity index (χ4n) is 1.29. The number of aromatic nitrogens is 4. The number of nitrogens with one attached hydrogen (secondary N) is 2. The predicted molar refractivity (Wildman–Crippen MR) is 55.9 cm³/mol. The summed E-state index contributed by atoms with van der Waals surface area (Å²) < 4.78 is 0. The van der Waals surface area contributed by atoms with Gasteiger partial charge in [0.25, 0.3) is 0 Å². The van der Waals surface area contributed by atoms with Crippen molar-refractivity contribution in [3.63, 3.8) is 0 Å². The van der Waals surface area contributed by atoms with Crippen molar-refractivity contribution < 1.29 is 14.7 Å². The van der Waals surface area contributed by atoms with Gasteiger partial charge in [-0.3, -0.25) is 0 Å². The molecule has 9 nitrogen and oxygen atoms in total. The maximum absolute atomic E-state index is 11.6. The molecule has 17 heavy (non-hydrogen) atoms. The van der Waals surface area contributed by atoms with Crippen LogP contribution in [0.3, 0.4) is 0 Å². The van der Waals surface area contributed by atoms with Crippen molar-refractivity contribution in [3.05, 3.63) is 5.82 Å². The van der Waals surface area contributed by atoms with Crippen LogP contribution in [0.25, 0.3) is 0 Å². The first-order valence-corrected chi connectivity index (χ1v) is 5.02. The number of urea groups is 1. The summed E-state index contributed by atoms with van der Waals surface area (Å²) in [6.07, 6.45) is 0.335. The van der Waals surface area contributed by atoms with E-state index in [0.717, 1.165) is 4.90 Å². The van der Waals surface area contributed by atoms with Crippen molar-refractivity contribution in [1.82, 2.24) is 30.8 Å². The molecule has 9 heteroatoms. The predicted octanol–water partition coefficient (Wildman–Crippen LogP) is -0.796. The quantitative estimate of drug-likeness (QED) is 0.621. The molecule has 0 aliphatic carbocycles. The molecule has 0 bridgehead atoms. The minimum absolute atomic E-state index is 0.0930. The van der Waals surface area contributed by atoms with E-state index in [2.05, 4.69) is 25.9 Å². The Kier molecular flexibility index (Phi) is 4.37.